The van der Waals surface area contributed by atoms with E-state index in [-0.39, 0.29) is 27.8 Å². The minimum atomic E-state index is -0.372. The summed E-state index contributed by atoms with van der Waals surface area (Å²) in [4.78, 5) is 24.3. The Bertz CT molecular complexity index is 271. The number of carbonyl (C=O) groups excluding carboxylic acids is 2. The number of fused-ring (bicyclic) bond motifs is 1. The Morgan fingerprint density at radius 3 is 3.00 bits per heavy atom. The van der Waals surface area contributed by atoms with Crippen molar-refractivity contribution in [2.75, 3.05) is 0 Å². The van der Waals surface area contributed by atoms with Gasteiger partial charge in [-0.05, 0) is 0 Å². The summed E-state index contributed by atoms with van der Waals surface area (Å²) in [6, 6.07) is -0.372. The largest absolute Gasteiger partial charge is 0.318 e. The molecule has 2 saturated heterocycles. The van der Waals surface area contributed by atoms with Crippen LogP contribution in [0, 0.1) is 0 Å². The minimum absolute atomic E-state index is 0.0625. The van der Waals surface area contributed by atoms with E-state index in [1.165, 1.54) is 11.8 Å². The van der Waals surface area contributed by atoms with Crippen molar-refractivity contribution in [3.05, 3.63) is 0 Å². The number of alkyl halides is 1. The quantitative estimate of drug-likeness (QED) is 0.518. The highest BCUT2D eigenvalue weighted by Gasteiger charge is 2.53. The molecule has 2 aliphatic rings. The number of ketones is 1. The standard InChI is InChI=1S/C8H10ClNO2S/c1-2-4(11)7-8(9)13-6-3-5(12)10(6)7/h6-8H,2-3H2,1H3/t6-,7?,8?/m1/s1. The molecule has 0 N–H and O–H groups in total. The minimum Gasteiger partial charge on any atom is -0.318 e. The fourth-order valence-corrected chi connectivity index (χ4v) is 3.68. The molecule has 2 unspecified atom stereocenters. The molecule has 3 nitrogen and oxygen atoms in total. The second-order valence-electron chi connectivity index (χ2n) is 3.21. The van der Waals surface area contributed by atoms with Crippen LogP contribution in [-0.2, 0) is 9.59 Å². The van der Waals surface area contributed by atoms with Gasteiger partial charge >= 0.3 is 0 Å². The van der Waals surface area contributed by atoms with Gasteiger partial charge in [-0.25, -0.2) is 0 Å². The Kier molecular flexibility index (Phi) is 2.28. The van der Waals surface area contributed by atoms with Gasteiger partial charge in [0.25, 0.3) is 0 Å². The van der Waals surface area contributed by atoms with Gasteiger partial charge < -0.3 is 4.90 Å². The molecule has 0 aromatic rings. The van der Waals surface area contributed by atoms with Crippen LogP contribution >= 0.6 is 23.4 Å². The highest BCUT2D eigenvalue weighted by Crippen LogP contribution is 2.46. The number of Topliss-reactive ketones (excluding diaryl/α,β-unsaturated/α-hetero) is 1. The Morgan fingerprint density at radius 2 is 2.46 bits per heavy atom. The van der Waals surface area contributed by atoms with E-state index in [1.807, 2.05) is 0 Å². The molecule has 0 aromatic carbocycles. The van der Waals surface area contributed by atoms with Crippen molar-refractivity contribution >= 4 is 35.1 Å². The van der Waals surface area contributed by atoms with E-state index in [1.54, 1.807) is 11.8 Å². The first-order valence-corrected chi connectivity index (χ1v) is 5.66. The zero-order valence-corrected chi connectivity index (χ0v) is 8.77. The third-order valence-electron chi connectivity index (χ3n) is 2.46. The second kappa shape index (κ2) is 3.17. The first-order valence-electron chi connectivity index (χ1n) is 4.28. The molecule has 0 spiro atoms. The normalized spacial score (nSPS) is 37.2. The van der Waals surface area contributed by atoms with Crippen LogP contribution in [0.4, 0.5) is 0 Å². The molecule has 2 heterocycles. The molecular weight excluding hydrogens is 210 g/mol. The molecule has 2 rings (SSSR count). The second-order valence-corrected chi connectivity index (χ2v) is 5.26. The molecule has 0 aliphatic carbocycles. The number of thioether (sulfide) groups is 1. The predicted octanol–water partition coefficient (Wildman–Crippen LogP) is 1.20. The van der Waals surface area contributed by atoms with E-state index in [0.29, 0.717) is 12.8 Å². The van der Waals surface area contributed by atoms with Crippen LogP contribution in [0.2, 0.25) is 0 Å². The van der Waals surface area contributed by atoms with Crippen LogP contribution in [0.1, 0.15) is 19.8 Å². The molecule has 72 valence electrons. The Morgan fingerprint density at radius 1 is 1.77 bits per heavy atom. The van der Waals surface area contributed by atoms with Gasteiger partial charge in [-0.1, -0.05) is 6.92 Å². The summed E-state index contributed by atoms with van der Waals surface area (Å²) in [5, 5.41) is 0.162. The molecule has 1 amide bonds. The average molecular weight is 220 g/mol. The topological polar surface area (TPSA) is 37.4 Å². The summed E-state index contributed by atoms with van der Waals surface area (Å²) in [6.07, 6.45) is 0.992. The van der Waals surface area contributed by atoms with Gasteiger partial charge in [0.15, 0.2) is 5.78 Å². The lowest BCUT2D eigenvalue weighted by atomic mass is 10.1. The number of carbonyl (C=O) groups is 2. The van der Waals surface area contributed by atoms with Crippen LogP contribution in [0.15, 0.2) is 0 Å². The average Bonchev–Trinajstić information content (AvgIpc) is 2.36. The zero-order valence-electron chi connectivity index (χ0n) is 7.20. The van der Waals surface area contributed by atoms with Gasteiger partial charge in [0.1, 0.15) is 10.8 Å². The van der Waals surface area contributed by atoms with Crippen LogP contribution in [0.3, 0.4) is 0 Å². The zero-order chi connectivity index (χ0) is 9.59. The van der Waals surface area contributed by atoms with E-state index >= 15 is 0 Å². The van der Waals surface area contributed by atoms with E-state index in [2.05, 4.69) is 0 Å². The summed E-state index contributed by atoms with van der Waals surface area (Å²) in [6.45, 7) is 1.80. The maximum Gasteiger partial charge on any atom is 0.227 e. The van der Waals surface area contributed by atoms with Gasteiger partial charge in [0.2, 0.25) is 5.91 Å². The smallest absolute Gasteiger partial charge is 0.227 e. The Balaban J connectivity index is 2.16. The van der Waals surface area contributed by atoms with E-state index in [4.69, 9.17) is 11.6 Å². The fourth-order valence-electron chi connectivity index (χ4n) is 1.71. The predicted molar refractivity (Wildman–Crippen MR) is 51.6 cm³/mol. The van der Waals surface area contributed by atoms with Crippen LogP contribution in [-0.4, -0.2) is 32.7 Å². The SMILES string of the molecule is CCC(=O)C1C(Cl)S[C@@H]2CC(=O)N12. The molecule has 13 heavy (non-hydrogen) atoms. The van der Waals surface area contributed by atoms with E-state index in [9.17, 15) is 9.59 Å². The van der Waals surface area contributed by atoms with Crippen molar-refractivity contribution in [3.8, 4) is 0 Å². The van der Waals surface area contributed by atoms with Crippen molar-refractivity contribution in [1.82, 2.24) is 4.90 Å². The number of hydrogen-bond donors (Lipinski definition) is 0. The first kappa shape index (κ1) is 9.34. The molecule has 2 fully saturated rings. The van der Waals surface area contributed by atoms with Crippen LogP contribution < -0.4 is 0 Å². The van der Waals surface area contributed by atoms with Crippen LogP contribution in [0.25, 0.3) is 0 Å². The number of hydrogen-bond acceptors (Lipinski definition) is 3. The third kappa shape index (κ3) is 1.27. The summed E-state index contributed by atoms with van der Waals surface area (Å²) in [5.41, 5.74) is 0. The molecule has 0 saturated carbocycles. The van der Waals surface area contributed by atoms with Crippen molar-refractivity contribution < 1.29 is 9.59 Å². The van der Waals surface area contributed by atoms with Crippen molar-refractivity contribution in [2.45, 2.75) is 35.9 Å². The third-order valence-corrected chi connectivity index (χ3v) is 4.23. The fraction of sp³-hybridized carbons (Fsp3) is 0.750. The van der Waals surface area contributed by atoms with Crippen molar-refractivity contribution in [1.29, 1.82) is 0 Å². The lowest BCUT2D eigenvalue weighted by Crippen LogP contribution is -2.54. The van der Waals surface area contributed by atoms with Gasteiger partial charge in [0, 0.05) is 6.42 Å². The summed E-state index contributed by atoms with van der Waals surface area (Å²) >= 11 is 7.52. The van der Waals surface area contributed by atoms with Gasteiger partial charge in [-0.15, -0.1) is 23.4 Å². The molecule has 3 atom stereocenters. The summed E-state index contributed by atoms with van der Waals surface area (Å²) in [5.74, 6) is 0.135. The lowest BCUT2D eigenvalue weighted by Gasteiger charge is -2.36. The molecule has 0 bridgehead atoms. The first-order chi connectivity index (χ1) is 6.15. The molecule has 2 aliphatic heterocycles. The van der Waals surface area contributed by atoms with Crippen molar-refractivity contribution in [2.24, 2.45) is 0 Å². The van der Waals surface area contributed by atoms with E-state index < -0.39 is 0 Å². The Labute approximate surface area is 85.8 Å². The van der Waals surface area contributed by atoms with Gasteiger partial charge in [0.05, 0.1) is 11.8 Å². The highest BCUT2D eigenvalue weighted by molar-refractivity contribution is 8.02. The lowest BCUT2D eigenvalue weighted by molar-refractivity contribution is -0.147. The number of amides is 1. The maximum atomic E-state index is 11.5. The summed E-state index contributed by atoms with van der Waals surface area (Å²) in [7, 11) is 0. The number of nitrogens with zero attached hydrogens (tertiary/aromatic N) is 1. The highest BCUT2D eigenvalue weighted by atomic mass is 35.5. The van der Waals surface area contributed by atoms with Gasteiger partial charge in [-0.3, -0.25) is 9.59 Å². The molecule has 0 radical (unpaired) electrons. The summed E-state index contributed by atoms with van der Waals surface area (Å²) < 4.78 is -0.246. The molecule has 0 aromatic heterocycles. The molecule has 5 heteroatoms. The number of halogens is 1. The van der Waals surface area contributed by atoms with Crippen LogP contribution in [0.5, 0.6) is 0 Å². The van der Waals surface area contributed by atoms with Gasteiger partial charge in [-0.2, -0.15) is 0 Å². The molecular formula is C8H10ClNO2S. The monoisotopic (exact) mass is 219 g/mol. The number of rotatable bonds is 2. The maximum absolute atomic E-state index is 11.5. The van der Waals surface area contributed by atoms with Crippen molar-refractivity contribution in [3.63, 3.8) is 0 Å². The number of β-lactam (4-membered cyclic amide) rings is 1. The van der Waals surface area contributed by atoms with E-state index in [0.717, 1.165) is 0 Å². The Hall–Kier alpha value is -0.220.